The number of alkyl halides is 3. The van der Waals surface area contributed by atoms with Gasteiger partial charge >= 0.3 is 12.3 Å². The Kier molecular flexibility index (Phi) is 5.25. The smallest absolute Gasteiger partial charge is 0.407 e. The molecule has 2 fully saturated rings. The first-order chi connectivity index (χ1) is 15.2. The van der Waals surface area contributed by atoms with Crippen LogP contribution in [0, 0.1) is 10.1 Å². The van der Waals surface area contributed by atoms with Gasteiger partial charge < -0.3 is 19.5 Å². The Morgan fingerprint density at radius 1 is 1.30 bits per heavy atom. The van der Waals surface area contributed by atoms with Gasteiger partial charge in [0.05, 0.1) is 16.5 Å². The third-order valence-corrected chi connectivity index (χ3v) is 6.15. The number of aromatic nitrogens is 2. The number of anilines is 1. The molecule has 1 atom stereocenters. The van der Waals surface area contributed by atoms with Gasteiger partial charge in [0, 0.05) is 26.2 Å². The minimum absolute atomic E-state index is 0.0588. The summed E-state index contributed by atoms with van der Waals surface area (Å²) < 4.78 is 47.9. The van der Waals surface area contributed by atoms with E-state index in [-0.39, 0.29) is 48.1 Å². The highest BCUT2D eigenvalue weighted by molar-refractivity contribution is 5.95. The van der Waals surface area contributed by atoms with E-state index < -0.39 is 28.2 Å². The predicted molar refractivity (Wildman–Crippen MR) is 114 cm³/mol. The standard InChI is InChI=1S/C21H26F3N5O4/c1-19(2,3)33-18(30)25-12-7-10-28(11-12)16-14(29(31)32)6-5-13-15(16)26-17(27(13)4)20(8-9-20)21(22,23)24/h5-6,12H,7-11H2,1-4H3,(H,25,30)/t12-/m1/s1. The topological polar surface area (TPSA) is 103 Å². The number of aryl methyl sites for hydroxylation is 1. The normalized spacial score (nSPS) is 20.2. The van der Waals surface area contributed by atoms with Crippen molar-refractivity contribution in [2.24, 2.45) is 7.05 Å². The molecular formula is C21H26F3N5O4. The van der Waals surface area contributed by atoms with E-state index in [1.54, 1.807) is 25.7 Å². The maximum Gasteiger partial charge on any atom is 0.407 e. The van der Waals surface area contributed by atoms with Gasteiger partial charge in [0.2, 0.25) is 0 Å². The Labute approximate surface area is 188 Å². The van der Waals surface area contributed by atoms with Gasteiger partial charge in [-0.25, -0.2) is 9.78 Å². The van der Waals surface area contributed by atoms with E-state index in [9.17, 15) is 28.1 Å². The fourth-order valence-electron chi connectivity index (χ4n) is 4.44. The van der Waals surface area contributed by atoms with Crippen LogP contribution in [0.1, 0.15) is 45.9 Å². The molecule has 9 nitrogen and oxygen atoms in total. The third kappa shape index (κ3) is 4.06. The van der Waals surface area contributed by atoms with Crippen LogP contribution in [0.5, 0.6) is 0 Å². The second-order valence-corrected chi connectivity index (χ2v) is 9.71. The zero-order valence-corrected chi connectivity index (χ0v) is 18.8. The van der Waals surface area contributed by atoms with Gasteiger partial charge in [0.1, 0.15) is 28.0 Å². The molecule has 2 aliphatic rings. The Morgan fingerprint density at radius 2 is 1.97 bits per heavy atom. The van der Waals surface area contributed by atoms with Gasteiger partial charge in [0.15, 0.2) is 0 Å². The van der Waals surface area contributed by atoms with Crippen LogP contribution in [0.25, 0.3) is 11.0 Å². The molecule has 1 saturated carbocycles. The molecule has 1 aliphatic carbocycles. The summed E-state index contributed by atoms with van der Waals surface area (Å²) in [5.74, 6) is -0.130. The van der Waals surface area contributed by atoms with Crippen LogP contribution in [0.15, 0.2) is 12.1 Å². The van der Waals surface area contributed by atoms with Crippen LogP contribution in [0.2, 0.25) is 0 Å². The first kappa shape index (κ1) is 23.1. The quantitative estimate of drug-likeness (QED) is 0.532. The van der Waals surface area contributed by atoms with E-state index in [0.717, 1.165) is 0 Å². The van der Waals surface area contributed by atoms with E-state index in [2.05, 4.69) is 10.3 Å². The molecule has 1 aliphatic heterocycles. The molecule has 1 aromatic heterocycles. The van der Waals surface area contributed by atoms with Crippen molar-refractivity contribution in [3.8, 4) is 0 Å². The number of ether oxygens (including phenoxy) is 1. The van der Waals surface area contributed by atoms with Crippen molar-refractivity contribution < 1.29 is 27.6 Å². The number of benzene rings is 1. The number of hydrogen-bond acceptors (Lipinski definition) is 6. The van der Waals surface area contributed by atoms with Crippen molar-refractivity contribution in [3.05, 3.63) is 28.1 Å². The molecule has 4 rings (SSSR count). The van der Waals surface area contributed by atoms with Gasteiger partial charge in [0.25, 0.3) is 5.69 Å². The molecular weight excluding hydrogens is 443 g/mol. The first-order valence-electron chi connectivity index (χ1n) is 10.7. The van der Waals surface area contributed by atoms with Crippen molar-refractivity contribution >= 4 is 28.5 Å². The molecule has 180 valence electrons. The molecule has 0 spiro atoms. The maximum absolute atomic E-state index is 13.8. The summed E-state index contributed by atoms with van der Waals surface area (Å²) in [6, 6.07) is 2.40. The Bertz CT molecular complexity index is 1120. The average Bonchev–Trinajstić information content (AvgIpc) is 3.26. The Hall–Kier alpha value is -3.05. The van der Waals surface area contributed by atoms with Crippen LogP contribution in [0.3, 0.4) is 0 Å². The van der Waals surface area contributed by atoms with E-state index in [1.165, 1.54) is 23.7 Å². The van der Waals surface area contributed by atoms with Gasteiger partial charge in [-0.1, -0.05) is 0 Å². The highest BCUT2D eigenvalue weighted by atomic mass is 19.4. The van der Waals surface area contributed by atoms with Crippen molar-refractivity contribution in [2.75, 3.05) is 18.0 Å². The molecule has 33 heavy (non-hydrogen) atoms. The Morgan fingerprint density at radius 3 is 2.52 bits per heavy atom. The van der Waals surface area contributed by atoms with E-state index in [0.29, 0.717) is 18.5 Å². The SMILES string of the molecule is Cn1c(C2(C(F)(F)F)CC2)nc2c(N3CC[C@@H](NC(=O)OC(C)(C)C)C3)c([N+](=O)[O-])ccc21. The summed E-state index contributed by atoms with van der Waals surface area (Å²) in [6.45, 7) is 5.84. The molecule has 1 N–H and O–H groups in total. The van der Waals surface area contributed by atoms with Crippen molar-refractivity contribution in [2.45, 2.75) is 63.3 Å². The molecule has 1 saturated heterocycles. The zero-order chi connectivity index (χ0) is 24.3. The van der Waals surface area contributed by atoms with Crippen LogP contribution in [-0.4, -0.2) is 51.5 Å². The number of carbonyl (C=O) groups excluding carboxylic acids is 1. The number of nitrogens with one attached hydrogen (secondary N) is 1. The number of nitro groups is 1. The van der Waals surface area contributed by atoms with Crippen LogP contribution < -0.4 is 10.2 Å². The molecule has 1 aromatic carbocycles. The van der Waals surface area contributed by atoms with Gasteiger partial charge in [-0.15, -0.1) is 0 Å². The fourth-order valence-corrected chi connectivity index (χ4v) is 4.44. The molecule has 2 aromatic rings. The molecule has 12 heteroatoms. The zero-order valence-electron chi connectivity index (χ0n) is 18.8. The number of fused-ring (bicyclic) bond motifs is 1. The lowest BCUT2D eigenvalue weighted by atomic mass is 10.1. The number of imidazole rings is 1. The summed E-state index contributed by atoms with van der Waals surface area (Å²) in [4.78, 5) is 29.4. The summed E-state index contributed by atoms with van der Waals surface area (Å²) in [6.07, 6.45) is -4.67. The summed E-state index contributed by atoms with van der Waals surface area (Å²) in [5, 5.41) is 14.5. The monoisotopic (exact) mass is 469 g/mol. The van der Waals surface area contributed by atoms with Gasteiger partial charge in [-0.3, -0.25) is 10.1 Å². The largest absolute Gasteiger partial charge is 0.444 e. The number of rotatable bonds is 4. The highest BCUT2D eigenvalue weighted by Crippen LogP contribution is 2.59. The minimum Gasteiger partial charge on any atom is -0.444 e. The molecule has 1 amide bonds. The van der Waals surface area contributed by atoms with Crippen LogP contribution in [-0.2, 0) is 17.2 Å². The molecule has 2 heterocycles. The number of hydrogen-bond donors (Lipinski definition) is 1. The highest BCUT2D eigenvalue weighted by Gasteiger charge is 2.66. The second kappa shape index (κ2) is 7.49. The maximum atomic E-state index is 13.8. The molecule has 0 unspecified atom stereocenters. The summed E-state index contributed by atoms with van der Waals surface area (Å²) in [5.41, 5.74) is -2.19. The van der Waals surface area contributed by atoms with Gasteiger partial charge in [-0.05, 0) is 46.1 Å². The van der Waals surface area contributed by atoms with Gasteiger partial charge in [-0.2, -0.15) is 13.2 Å². The van der Waals surface area contributed by atoms with Crippen molar-refractivity contribution in [1.82, 2.24) is 14.9 Å². The second-order valence-electron chi connectivity index (χ2n) is 9.71. The van der Waals surface area contributed by atoms with Crippen LogP contribution in [0.4, 0.5) is 29.3 Å². The lowest BCUT2D eigenvalue weighted by Gasteiger charge is -2.22. The van der Waals surface area contributed by atoms with E-state index in [1.807, 2.05) is 0 Å². The van der Waals surface area contributed by atoms with Crippen LogP contribution >= 0.6 is 0 Å². The fraction of sp³-hybridized carbons (Fsp3) is 0.619. The minimum atomic E-state index is -4.45. The number of halogens is 3. The van der Waals surface area contributed by atoms with E-state index in [4.69, 9.17) is 4.74 Å². The number of nitro benzene ring substituents is 1. The van der Waals surface area contributed by atoms with Crippen molar-refractivity contribution in [1.29, 1.82) is 0 Å². The Balaban J connectivity index is 1.70. The third-order valence-electron chi connectivity index (χ3n) is 6.15. The average molecular weight is 469 g/mol. The summed E-state index contributed by atoms with van der Waals surface area (Å²) in [7, 11) is 1.50. The number of amides is 1. The van der Waals surface area contributed by atoms with E-state index >= 15 is 0 Å². The predicted octanol–water partition coefficient (Wildman–Crippen LogP) is 4.18. The lowest BCUT2D eigenvalue weighted by Crippen LogP contribution is -2.40. The first-order valence-corrected chi connectivity index (χ1v) is 10.7. The lowest BCUT2D eigenvalue weighted by molar-refractivity contribution is -0.384. The number of alkyl carbamates (subject to hydrolysis) is 1. The number of carbonyl (C=O) groups is 1. The molecule has 0 radical (unpaired) electrons. The number of nitrogens with zero attached hydrogens (tertiary/aromatic N) is 4. The summed E-state index contributed by atoms with van der Waals surface area (Å²) >= 11 is 0. The molecule has 0 bridgehead atoms. The van der Waals surface area contributed by atoms with Crippen molar-refractivity contribution in [3.63, 3.8) is 0 Å².